The number of halogens is 1. The molecule has 29 heavy (non-hydrogen) atoms. The monoisotopic (exact) mass is 406 g/mol. The molecule has 3 N–H and O–H groups in total. The van der Waals surface area contributed by atoms with E-state index in [9.17, 15) is 24.2 Å². The molecule has 1 aromatic heterocycles. The van der Waals surface area contributed by atoms with E-state index in [1.54, 1.807) is 6.92 Å². The molecule has 1 saturated carbocycles. The second-order valence-corrected chi connectivity index (χ2v) is 7.35. The standard InChI is InChI=1S/C21H27FN2O5/c1-2-29-21(28)16-10-24(14(11-25)12-26)19-9-18(17(22)8-15(19)20(16)27)23-13-6-4-3-5-7-13/h8-10,13-14,23,25-26H,2-7,11-12H2,1H3. The number of fused-ring (bicyclic) bond motifs is 1. The molecule has 0 saturated heterocycles. The number of benzene rings is 1. The van der Waals surface area contributed by atoms with Gasteiger partial charge in [0.1, 0.15) is 11.4 Å². The predicted octanol–water partition coefficient (Wildman–Crippen LogP) is 2.59. The van der Waals surface area contributed by atoms with E-state index in [1.165, 1.54) is 23.3 Å². The highest BCUT2D eigenvalue weighted by atomic mass is 19.1. The first-order valence-electron chi connectivity index (χ1n) is 10.0. The summed E-state index contributed by atoms with van der Waals surface area (Å²) < 4.78 is 21.2. The number of rotatable bonds is 7. The van der Waals surface area contributed by atoms with Crippen LogP contribution in [-0.2, 0) is 4.74 Å². The minimum atomic E-state index is -0.826. The van der Waals surface area contributed by atoms with Gasteiger partial charge in [0, 0.05) is 17.6 Å². The lowest BCUT2D eigenvalue weighted by molar-refractivity contribution is 0.0523. The number of aromatic nitrogens is 1. The van der Waals surface area contributed by atoms with Crippen molar-refractivity contribution < 1.29 is 24.1 Å². The number of hydrogen-bond donors (Lipinski definition) is 3. The zero-order valence-electron chi connectivity index (χ0n) is 16.5. The fourth-order valence-corrected chi connectivity index (χ4v) is 3.84. The Bertz CT molecular complexity index is 933. The van der Waals surface area contributed by atoms with Crippen LogP contribution < -0.4 is 10.7 Å². The van der Waals surface area contributed by atoms with E-state index in [0.717, 1.165) is 31.7 Å². The van der Waals surface area contributed by atoms with Gasteiger partial charge in [-0.3, -0.25) is 4.79 Å². The van der Waals surface area contributed by atoms with Gasteiger partial charge in [0.25, 0.3) is 0 Å². The second-order valence-electron chi connectivity index (χ2n) is 7.35. The van der Waals surface area contributed by atoms with Gasteiger partial charge in [-0.25, -0.2) is 9.18 Å². The van der Waals surface area contributed by atoms with Gasteiger partial charge in [-0.05, 0) is 31.9 Å². The lowest BCUT2D eigenvalue weighted by Gasteiger charge is -2.25. The summed E-state index contributed by atoms with van der Waals surface area (Å²) in [5, 5.41) is 22.5. The van der Waals surface area contributed by atoms with Crippen LogP contribution in [0.5, 0.6) is 0 Å². The molecule has 3 rings (SSSR count). The number of esters is 1. The number of nitrogens with one attached hydrogen (secondary N) is 1. The topological polar surface area (TPSA) is 101 Å². The predicted molar refractivity (Wildman–Crippen MR) is 108 cm³/mol. The van der Waals surface area contributed by atoms with Gasteiger partial charge in [-0.2, -0.15) is 0 Å². The van der Waals surface area contributed by atoms with Crippen molar-refractivity contribution in [2.24, 2.45) is 0 Å². The van der Waals surface area contributed by atoms with Crippen LogP contribution in [0.3, 0.4) is 0 Å². The molecule has 1 aromatic carbocycles. The number of anilines is 1. The number of aliphatic hydroxyl groups is 2. The Labute approximate surface area is 168 Å². The number of ether oxygens (including phenoxy) is 1. The minimum absolute atomic E-state index is 0.00542. The molecule has 0 amide bonds. The van der Waals surface area contributed by atoms with E-state index in [0.29, 0.717) is 5.52 Å². The Morgan fingerprint density at radius 3 is 2.59 bits per heavy atom. The quantitative estimate of drug-likeness (QED) is 0.611. The molecule has 1 heterocycles. The molecular formula is C21H27FN2O5. The number of carbonyl (C=O) groups is 1. The van der Waals surface area contributed by atoms with Gasteiger partial charge in [-0.1, -0.05) is 19.3 Å². The smallest absolute Gasteiger partial charge is 0.343 e. The molecule has 0 radical (unpaired) electrons. The van der Waals surface area contributed by atoms with E-state index in [2.05, 4.69) is 5.32 Å². The number of pyridine rings is 1. The van der Waals surface area contributed by atoms with Crippen LogP contribution in [0.1, 0.15) is 55.4 Å². The Balaban J connectivity index is 2.16. The van der Waals surface area contributed by atoms with Gasteiger partial charge in [-0.15, -0.1) is 0 Å². The molecule has 1 aliphatic carbocycles. The molecule has 1 fully saturated rings. The molecule has 1 aliphatic rings. The molecular weight excluding hydrogens is 379 g/mol. The highest BCUT2D eigenvalue weighted by molar-refractivity contribution is 5.94. The Hall–Kier alpha value is -2.45. The van der Waals surface area contributed by atoms with Crippen molar-refractivity contribution in [2.45, 2.75) is 51.1 Å². The largest absolute Gasteiger partial charge is 0.462 e. The third kappa shape index (κ3) is 4.43. The minimum Gasteiger partial charge on any atom is -0.462 e. The average Bonchev–Trinajstić information content (AvgIpc) is 2.72. The first-order valence-corrected chi connectivity index (χ1v) is 10.0. The van der Waals surface area contributed by atoms with E-state index < -0.39 is 36.5 Å². The number of aliphatic hydroxyl groups excluding tert-OH is 2. The van der Waals surface area contributed by atoms with Crippen LogP contribution in [-0.4, -0.2) is 46.6 Å². The summed E-state index contributed by atoms with van der Waals surface area (Å²) in [6.45, 7) is 0.863. The zero-order chi connectivity index (χ0) is 21.0. The molecule has 8 heteroatoms. The van der Waals surface area contributed by atoms with Gasteiger partial charge < -0.3 is 24.8 Å². The van der Waals surface area contributed by atoms with E-state index in [-0.39, 0.29) is 29.3 Å². The van der Waals surface area contributed by atoms with Crippen LogP contribution in [0.4, 0.5) is 10.1 Å². The van der Waals surface area contributed by atoms with Gasteiger partial charge in [0.15, 0.2) is 0 Å². The Morgan fingerprint density at radius 1 is 1.28 bits per heavy atom. The number of carbonyl (C=O) groups excluding carboxylic acids is 1. The van der Waals surface area contributed by atoms with Gasteiger partial charge in [0.05, 0.1) is 37.1 Å². The van der Waals surface area contributed by atoms with Crippen LogP contribution >= 0.6 is 0 Å². The van der Waals surface area contributed by atoms with Crippen molar-refractivity contribution in [3.63, 3.8) is 0 Å². The molecule has 2 aromatic rings. The normalized spacial score (nSPS) is 15.1. The summed E-state index contributed by atoms with van der Waals surface area (Å²) in [5.74, 6) is -1.41. The summed E-state index contributed by atoms with van der Waals surface area (Å²) in [4.78, 5) is 25.0. The lowest BCUT2D eigenvalue weighted by Crippen LogP contribution is -2.26. The van der Waals surface area contributed by atoms with Crippen molar-refractivity contribution in [1.82, 2.24) is 4.57 Å². The third-order valence-corrected chi connectivity index (χ3v) is 5.40. The van der Waals surface area contributed by atoms with Gasteiger partial charge in [0.2, 0.25) is 5.43 Å². The fourth-order valence-electron chi connectivity index (χ4n) is 3.84. The summed E-state index contributed by atoms with van der Waals surface area (Å²) in [6.07, 6.45) is 6.49. The number of nitrogens with zero attached hydrogens (tertiary/aromatic N) is 1. The van der Waals surface area contributed by atoms with E-state index in [1.807, 2.05) is 0 Å². The maximum absolute atomic E-state index is 14.8. The number of hydrogen-bond acceptors (Lipinski definition) is 6. The first-order chi connectivity index (χ1) is 14.0. The maximum atomic E-state index is 14.8. The summed E-state index contributed by atoms with van der Waals surface area (Å²) in [5.41, 5.74) is -0.321. The molecule has 0 aliphatic heterocycles. The van der Waals surface area contributed by atoms with Crippen molar-refractivity contribution in [3.8, 4) is 0 Å². The van der Waals surface area contributed by atoms with Crippen LogP contribution in [0, 0.1) is 5.82 Å². The fraction of sp³-hybridized carbons (Fsp3) is 0.524. The summed E-state index contributed by atoms with van der Waals surface area (Å²) in [7, 11) is 0. The Kier molecular flexibility index (Phi) is 6.87. The third-order valence-electron chi connectivity index (χ3n) is 5.40. The molecule has 0 unspecified atom stereocenters. The molecule has 7 nitrogen and oxygen atoms in total. The summed E-state index contributed by atoms with van der Waals surface area (Å²) >= 11 is 0. The molecule has 0 bridgehead atoms. The van der Waals surface area contributed by atoms with E-state index >= 15 is 0 Å². The molecule has 158 valence electrons. The van der Waals surface area contributed by atoms with Crippen LogP contribution in [0.25, 0.3) is 10.9 Å². The SMILES string of the molecule is CCOC(=O)c1cn(C(CO)CO)c2cc(NC3CCCCC3)c(F)cc2c1=O. The van der Waals surface area contributed by atoms with Crippen molar-refractivity contribution in [2.75, 3.05) is 25.1 Å². The molecule has 0 atom stereocenters. The van der Waals surface area contributed by atoms with Crippen molar-refractivity contribution in [1.29, 1.82) is 0 Å². The lowest BCUT2D eigenvalue weighted by atomic mass is 9.95. The Morgan fingerprint density at radius 2 is 1.97 bits per heavy atom. The second kappa shape index (κ2) is 9.37. The maximum Gasteiger partial charge on any atom is 0.343 e. The average molecular weight is 406 g/mol. The molecule has 0 spiro atoms. The highest BCUT2D eigenvalue weighted by Gasteiger charge is 2.22. The first kappa shape index (κ1) is 21.3. The zero-order valence-corrected chi connectivity index (χ0v) is 16.5. The van der Waals surface area contributed by atoms with Crippen molar-refractivity contribution >= 4 is 22.6 Å². The van der Waals surface area contributed by atoms with Crippen LogP contribution in [0.2, 0.25) is 0 Å². The van der Waals surface area contributed by atoms with Gasteiger partial charge >= 0.3 is 5.97 Å². The van der Waals surface area contributed by atoms with Crippen molar-refractivity contribution in [3.05, 3.63) is 39.9 Å². The summed E-state index contributed by atoms with van der Waals surface area (Å²) in [6, 6.07) is 1.97. The van der Waals surface area contributed by atoms with E-state index in [4.69, 9.17) is 4.74 Å². The van der Waals surface area contributed by atoms with Crippen LogP contribution in [0.15, 0.2) is 23.1 Å². The highest BCUT2D eigenvalue weighted by Crippen LogP contribution is 2.27.